The smallest absolute Gasteiger partial charge is 0.229 e. The van der Waals surface area contributed by atoms with Gasteiger partial charge in [0.1, 0.15) is 0 Å². The molecule has 1 aromatic heterocycles. The summed E-state index contributed by atoms with van der Waals surface area (Å²) >= 11 is 7.45. The predicted molar refractivity (Wildman–Crippen MR) is 56.5 cm³/mol. The standard InChI is InChI=1S/C8H4ClF2NS2/c9-4-1-2-6-5(3-4)12-8(13-6)14-7(10)11/h1-3,7H. The van der Waals surface area contributed by atoms with E-state index in [0.29, 0.717) is 26.6 Å². The highest BCUT2D eigenvalue weighted by atomic mass is 35.5. The molecule has 0 aliphatic heterocycles. The molecule has 0 bridgehead atoms. The Morgan fingerprint density at radius 3 is 2.93 bits per heavy atom. The van der Waals surface area contributed by atoms with E-state index in [2.05, 4.69) is 4.98 Å². The molecule has 1 nitrogen and oxygen atoms in total. The minimum Gasteiger partial charge on any atom is -0.229 e. The lowest BCUT2D eigenvalue weighted by Gasteiger charge is -1.90. The van der Waals surface area contributed by atoms with Gasteiger partial charge in [-0.05, 0) is 30.0 Å². The van der Waals surface area contributed by atoms with Crippen molar-refractivity contribution in [2.75, 3.05) is 0 Å². The summed E-state index contributed by atoms with van der Waals surface area (Å²) in [5.74, 6) is -2.42. The molecule has 74 valence electrons. The predicted octanol–water partition coefficient (Wildman–Crippen LogP) is 4.26. The van der Waals surface area contributed by atoms with Gasteiger partial charge in [-0.1, -0.05) is 11.6 Å². The molecule has 1 heterocycles. The highest BCUT2D eigenvalue weighted by molar-refractivity contribution is 8.01. The Balaban J connectivity index is 2.41. The summed E-state index contributed by atoms with van der Waals surface area (Å²) in [5.41, 5.74) is 0.672. The van der Waals surface area contributed by atoms with Gasteiger partial charge in [-0.2, -0.15) is 8.78 Å². The molecule has 0 aliphatic rings. The lowest BCUT2D eigenvalue weighted by Crippen LogP contribution is -1.78. The zero-order valence-corrected chi connectivity index (χ0v) is 9.10. The van der Waals surface area contributed by atoms with Gasteiger partial charge in [0.2, 0.25) is 0 Å². The summed E-state index contributed by atoms with van der Waals surface area (Å²) in [6.45, 7) is 0. The molecule has 0 saturated heterocycles. The molecule has 0 saturated carbocycles. The summed E-state index contributed by atoms with van der Waals surface area (Å²) in [4.78, 5) is 4.03. The summed E-state index contributed by atoms with van der Waals surface area (Å²) < 4.78 is 25.3. The summed E-state index contributed by atoms with van der Waals surface area (Å²) in [6.07, 6.45) is 0. The van der Waals surface area contributed by atoms with E-state index >= 15 is 0 Å². The van der Waals surface area contributed by atoms with Crippen molar-refractivity contribution in [1.82, 2.24) is 4.98 Å². The first kappa shape index (κ1) is 10.1. The monoisotopic (exact) mass is 251 g/mol. The Hall–Kier alpha value is -0.390. The number of thiazole rings is 1. The first-order chi connectivity index (χ1) is 6.65. The summed E-state index contributed by atoms with van der Waals surface area (Å²) in [5, 5.41) is 0.566. The van der Waals surface area contributed by atoms with Crippen molar-refractivity contribution < 1.29 is 8.78 Å². The quantitative estimate of drug-likeness (QED) is 0.740. The maximum absolute atomic E-state index is 12.0. The molecule has 0 amide bonds. The summed E-state index contributed by atoms with van der Waals surface area (Å²) in [7, 11) is 0. The molecule has 0 radical (unpaired) electrons. The number of hydrogen-bond acceptors (Lipinski definition) is 3. The van der Waals surface area contributed by atoms with Crippen molar-refractivity contribution in [1.29, 1.82) is 0 Å². The maximum Gasteiger partial charge on any atom is 0.291 e. The Morgan fingerprint density at radius 1 is 1.43 bits per heavy atom. The minimum atomic E-state index is -2.42. The van der Waals surface area contributed by atoms with Gasteiger partial charge in [-0.25, -0.2) is 4.98 Å². The Morgan fingerprint density at radius 2 is 2.21 bits per heavy atom. The van der Waals surface area contributed by atoms with Crippen LogP contribution < -0.4 is 0 Å². The number of aromatic nitrogens is 1. The second-order valence-corrected chi connectivity index (χ2v) is 5.17. The maximum atomic E-state index is 12.0. The van der Waals surface area contributed by atoms with Crippen LogP contribution in [0.5, 0.6) is 0 Å². The molecule has 0 unspecified atom stereocenters. The molecule has 0 aliphatic carbocycles. The van der Waals surface area contributed by atoms with Crippen molar-refractivity contribution in [3.63, 3.8) is 0 Å². The number of halogens is 3. The Kier molecular flexibility index (Phi) is 2.90. The lowest BCUT2D eigenvalue weighted by atomic mass is 10.3. The summed E-state index contributed by atoms with van der Waals surface area (Å²) in [6, 6.07) is 5.17. The highest BCUT2D eigenvalue weighted by Gasteiger charge is 2.10. The molecule has 14 heavy (non-hydrogen) atoms. The van der Waals surface area contributed by atoms with Crippen molar-refractivity contribution >= 4 is 44.9 Å². The number of fused-ring (bicyclic) bond motifs is 1. The van der Waals surface area contributed by atoms with E-state index in [1.54, 1.807) is 18.2 Å². The van der Waals surface area contributed by atoms with Gasteiger partial charge >= 0.3 is 0 Å². The molecule has 1 aromatic carbocycles. The molecule has 6 heteroatoms. The van der Waals surface area contributed by atoms with Crippen molar-refractivity contribution in [2.45, 2.75) is 10.1 Å². The minimum absolute atomic E-state index is 0.372. The molecular weight excluding hydrogens is 248 g/mol. The van der Waals surface area contributed by atoms with Gasteiger partial charge in [0.15, 0.2) is 4.34 Å². The number of rotatable bonds is 2. The van der Waals surface area contributed by atoms with Gasteiger partial charge in [0.05, 0.1) is 10.2 Å². The third-order valence-corrected chi connectivity index (χ3v) is 3.60. The van der Waals surface area contributed by atoms with Crippen LogP contribution in [-0.2, 0) is 0 Å². The topological polar surface area (TPSA) is 12.9 Å². The third-order valence-electron chi connectivity index (χ3n) is 1.52. The van der Waals surface area contributed by atoms with Gasteiger partial charge in [0.25, 0.3) is 5.76 Å². The van der Waals surface area contributed by atoms with Crippen LogP contribution in [0, 0.1) is 0 Å². The molecule has 2 rings (SSSR count). The van der Waals surface area contributed by atoms with E-state index in [0.717, 1.165) is 4.70 Å². The normalized spacial score (nSPS) is 11.4. The lowest BCUT2D eigenvalue weighted by molar-refractivity contribution is 0.252. The first-order valence-electron chi connectivity index (χ1n) is 3.66. The van der Waals surface area contributed by atoms with E-state index in [4.69, 9.17) is 11.6 Å². The molecule has 0 N–H and O–H groups in total. The molecule has 0 fully saturated rings. The van der Waals surface area contributed by atoms with Crippen LogP contribution in [0.25, 0.3) is 10.2 Å². The van der Waals surface area contributed by atoms with Gasteiger partial charge in [0, 0.05) is 5.02 Å². The zero-order valence-electron chi connectivity index (χ0n) is 6.71. The fraction of sp³-hybridized carbons (Fsp3) is 0.125. The number of hydrogen-bond donors (Lipinski definition) is 0. The van der Waals surface area contributed by atoms with Crippen LogP contribution in [0.4, 0.5) is 8.78 Å². The van der Waals surface area contributed by atoms with Gasteiger partial charge < -0.3 is 0 Å². The van der Waals surface area contributed by atoms with Crippen LogP contribution in [0.2, 0.25) is 5.02 Å². The van der Waals surface area contributed by atoms with Crippen LogP contribution in [0.3, 0.4) is 0 Å². The van der Waals surface area contributed by atoms with Crippen molar-refractivity contribution in [2.24, 2.45) is 0 Å². The largest absolute Gasteiger partial charge is 0.291 e. The second kappa shape index (κ2) is 4.00. The zero-order chi connectivity index (χ0) is 10.1. The average Bonchev–Trinajstić information content (AvgIpc) is 2.44. The van der Waals surface area contributed by atoms with E-state index in [9.17, 15) is 8.78 Å². The van der Waals surface area contributed by atoms with Crippen molar-refractivity contribution in [3.05, 3.63) is 23.2 Å². The Bertz CT molecular complexity index is 458. The Labute approximate surface area is 92.1 Å². The molecular formula is C8H4ClF2NS2. The van der Waals surface area contributed by atoms with Crippen molar-refractivity contribution in [3.8, 4) is 0 Å². The number of nitrogens with zero attached hydrogens (tertiary/aromatic N) is 1. The van der Waals surface area contributed by atoms with Crippen LogP contribution in [0.15, 0.2) is 22.5 Å². The van der Waals surface area contributed by atoms with E-state index in [1.807, 2.05) is 0 Å². The van der Waals surface area contributed by atoms with Crippen LogP contribution in [0.1, 0.15) is 0 Å². The third kappa shape index (κ3) is 2.16. The van der Waals surface area contributed by atoms with E-state index in [-0.39, 0.29) is 0 Å². The SMILES string of the molecule is FC(F)Sc1nc2cc(Cl)ccc2s1. The van der Waals surface area contributed by atoms with Crippen LogP contribution in [-0.4, -0.2) is 10.7 Å². The van der Waals surface area contributed by atoms with E-state index in [1.165, 1.54) is 11.3 Å². The van der Waals surface area contributed by atoms with Gasteiger partial charge in [-0.3, -0.25) is 0 Å². The van der Waals surface area contributed by atoms with Gasteiger partial charge in [-0.15, -0.1) is 11.3 Å². The number of benzene rings is 1. The van der Waals surface area contributed by atoms with Crippen LogP contribution >= 0.6 is 34.7 Å². The fourth-order valence-corrected chi connectivity index (χ4v) is 2.83. The number of alkyl halides is 2. The number of thioether (sulfide) groups is 1. The molecule has 0 spiro atoms. The van der Waals surface area contributed by atoms with E-state index < -0.39 is 5.76 Å². The molecule has 2 aromatic rings. The fourth-order valence-electron chi connectivity index (χ4n) is 1.01. The second-order valence-electron chi connectivity index (χ2n) is 2.47. The highest BCUT2D eigenvalue weighted by Crippen LogP contribution is 2.33. The average molecular weight is 252 g/mol. The first-order valence-corrected chi connectivity index (χ1v) is 5.73. The molecule has 0 atom stereocenters.